The van der Waals surface area contributed by atoms with Gasteiger partial charge in [0.15, 0.2) is 0 Å². The second-order valence-electron chi connectivity index (χ2n) is 2.69. The lowest BCUT2D eigenvalue weighted by Crippen LogP contribution is -2.12. The molecule has 0 rings (SSSR count). The van der Waals surface area contributed by atoms with Crippen LogP contribution in [0.1, 0.15) is 33.1 Å². The second-order valence-corrected chi connectivity index (χ2v) is 3.84. The highest BCUT2D eigenvalue weighted by Gasteiger charge is 2.02. The summed E-state index contributed by atoms with van der Waals surface area (Å²) in [6.07, 6.45) is 4.24. The Morgan fingerprint density at radius 3 is 2.55 bits per heavy atom. The van der Waals surface area contributed by atoms with E-state index in [1.54, 1.807) is 7.11 Å². The number of thioether (sulfide) groups is 1. The van der Waals surface area contributed by atoms with Crippen LogP contribution in [-0.2, 0) is 4.74 Å². The van der Waals surface area contributed by atoms with Gasteiger partial charge < -0.3 is 4.74 Å². The van der Waals surface area contributed by atoms with E-state index in [0.717, 1.165) is 12.2 Å². The Kier molecular flexibility index (Phi) is 8.64. The van der Waals surface area contributed by atoms with Crippen LogP contribution in [0, 0.1) is 0 Å². The lowest BCUT2D eigenvalue weighted by Gasteiger charge is -2.11. The van der Waals surface area contributed by atoms with E-state index in [2.05, 4.69) is 13.8 Å². The van der Waals surface area contributed by atoms with Crippen molar-refractivity contribution < 1.29 is 4.74 Å². The van der Waals surface area contributed by atoms with E-state index in [4.69, 9.17) is 4.74 Å². The van der Waals surface area contributed by atoms with Gasteiger partial charge in [0, 0.05) is 12.9 Å². The molecule has 0 aliphatic rings. The zero-order valence-corrected chi connectivity index (χ0v) is 8.75. The van der Waals surface area contributed by atoms with E-state index in [0.29, 0.717) is 6.10 Å². The van der Waals surface area contributed by atoms with Crippen LogP contribution in [-0.4, -0.2) is 24.7 Å². The van der Waals surface area contributed by atoms with Crippen molar-refractivity contribution in [1.82, 2.24) is 0 Å². The summed E-state index contributed by atoms with van der Waals surface area (Å²) < 4.78 is 5.26. The van der Waals surface area contributed by atoms with Gasteiger partial charge in [-0.1, -0.05) is 20.3 Å². The summed E-state index contributed by atoms with van der Waals surface area (Å²) in [5.41, 5.74) is 0. The van der Waals surface area contributed by atoms with Gasteiger partial charge in [0.05, 0.1) is 6.10 Å². The molecule has 0 saturated heterocycles. The first kappa shape index (κ1) is 11.3. The molecule has 0 aromatic rings. The van der Waals surface area contributed by atoms with Crippen molar-refractivity contribution >= 4 is 11.8 Å². The maximum Gasteiger partial charge on any atom is 0.0659 e. The van der Waals surface area contributed by atoms with Crippen LogP contribution in [0.15, 0.2) is 0 Å². The van der Waals surface area contributed by atoms with E-state index in [-0.39, 0.29) is 0 Å². The van der Waals surface area contributed by atoms with E-state index in [1.807, 2.05) is 11.8 Å². The Balaban J connectivity index is 3.07. The van der Waals surface area contributed by atoms with Crippen LogP contribution >= 0.6 is 11.8 Å². The minimum Gasteiger partial charge on any atom is -0.381 e. The zero-order chi connectivity index (χ0) is 8.53. The molecule has 0 bridgehead atoms. The molecule has 0 aliphatic heterocycles. The van der Waals surface area contributed by atoms with Crippen molar-refractivity contribution in [2.24, 2.45) is 0 Å². The standard InChI is InChI=1S/C9H20OS/c1-4-6-7-11-8-9(5-2)10-3/h9H,4-8H2,1-3H3. The summed E-state index contributed by atoms with van der Waals surface area (Å²) >= 11 is 2.01. The van der Waals surface area contributed by atoms with Crippen LogP contribution < -0.4 is 0 Å². The highest BCUT2D eigenvalue weighted by atomic mass is 32.2. The minimum absolute atomic E-state index is 0.469. The predicted molar refractivity (Wildman–Crippen MR) is 53.3 cm³/mol. The topological polar surface area (TPSA) is 9.23 Å². The molecule has 1 nitrogen and oxygen atoms in total. The molecule has 1 atom stereocenters. The largest absolute Gasteiger partial charge is 0.381 e. The molecule has 0 radical (unpaired) electrons. The van der Waals surface area contributed by atoms with E-state index in [9.17, 15) is 0 Å². The third-order valence-electron chi connectivity index (χ3n) is 1.73. The fourth-order valence-electron chi connectivity index (χ4n) is 0.814. The maximum absolute atomic E-state index is 5.26. The molecule has 0 fully saturated rings. The van der Waals surface area contributed by atoms with Gasteiger partial charge in [0.2, 0.25) is 0 Å². The van der Waals surface area contributed by atoms with Crippen molar-refractivity contribution in [3.8, 4) is 0 Å². The number of ether oxygens (including phenoxy) is 1. The predicted octanol–water partition coefficient (Wildman–Crippen LogP) is 2.94. The van der Waals surface area contributed by atoms with E-state index < -0.39 is 0 Å². The molecule has 11 heavy (non-hydrogen) atoms. The van der Waals surface area contributed by atoms with Crippen molar-refractivity contribution in [3.05, 3.63) is 0 Å². The van der Waals surface area contributed by atoms with Gasteiger partial charge in [-0.3, -0.25) is 0 Å². The third kappa shape index (κ3) is 6.70. The average molecular weight is 176 g/mol. The molecule has 1 unspecified atom stereocenters. The molecule has 0 N–H and O–H groups in total. The Bertz CT molecular complexity index is 72.0. The average Bonchev–Trinajstić information content (AvgIpc) is 2.05. The van der Waals surface area contributed by atoms with Crippen LogP contribution in [0.5, 0.6) is 0 Å². The van der Waals surface area contributed by atoms with Gasteiger partial charge in [-0.05, 0) is 18.6 Å². The van der Waals surface area contributed by atoms with Crippen LogP contribution in [0.2, 0.25) is 0 Å². The third-order valence-corrected chi connectivity index (χ3v) is 2.92. The Labute approximate surface area is 74.9 Å². The smallest absolute Gasteiger partial charge is 0.0659 e. The van der Waals surface area contributed by atoms with Gasteiger partial charge >= 0.3 is 0 Å². The number of methoxy groups -OCH3 is 1. The maximum atomic E-state index is 5.26. The highest BCUT2D eigenvalue weighted by molar-refractivity contribution is 7.99. The summed E-state index contributed by atoms with van der Waals surface area (Å²) in [5.74, 6) is 2.45. The second kappa shape index (κ2) is 8.41. The summed E-state index contributed by atoms with van der Waals surface area (Å²) in [5, 5.41) is 0. The number of unbranched alkanes of at least 4 members (excludes halogenated alkanes) is 1. The SMILES string of the molecule is CCCCSCC(CC)OC. The molecule has 0 aromatic carbocycles. The molecule has 0 saturated carbocycles. The van der Waals surface area contributed by atoms with Gasteiger partial charge in [-0.25, -0.2) is 0 Å². The Morgan fingerprint density at radius 1 is 1.36 bits per heavy atom. The van der Waals surface area contributed by atoms with Crippen molar-refractivity contribution in [2.45, 2.75) is 39.2 Å². The molecule has 0 heterocycles. The number of hydrogen-bond donors (Lipinski definition) is 0. The van der Waals surface area contributed by atoms with E-state index >= 15 is 0 Å². The Hall–Kier alpha value is 0.310. The number of hydrogen-bond acceptors (Lipinski definition) is 2. The fourth-order valence-corrected chi connectivity index (χ4v) is 2.11. The zero-order valence-electron chi connectivity index (χ0n) is 7.93. The molecular weight excluding hydrogens is 156 g/mol. The normalized spacial score (nSPS) is 13.4. The molecular formula is C9H20OS. The van der Waals surface area contributed by atoms with E-state index in [1.165, 1.54) is 18.6 Å². The molecule has 0 amide bonds. The first-order chi connectivity index (χ1) is 5.35. The minimum atomic E-state index is 0.469. The molecule has 0 spiro atoms. The lowest BCUT2D eigenvalue weighted by atomic mass is 10.3. The van der Waals surface area contributed by atoms with Crippen molar-refractivity contribution in [3.63, 3.8) is 0 Å². The van der Waals surface area contributed by atoms with Crippen molar-refractivity contribution in [1.29, 1.82) is 0 Å². The van der Waals surface area contributed by atoms with Gasteiger partial charge in [-0.15, -0.1) is 0 Å². The Morgan fingerprint density at radius 2 is 2.09 bits per heavy atom. The number of rotatable bonds is 7. The summed E-state index contributed by atoms with van der Waals surface area (Å²) in [6.45, 7) is 4.41. The van der Waals surface area contributed by atoms with Gasteiger partial charge in [-0.2, -0.15) is 11.8 Å². The molecule has 2 heteroatoms. The van der Waals surface area contributed by atoms with Crippen LogP contribution in [0.25, 0.3) is 0 Å². The van der Waals surface area contributed by atoms with Gasteiger partial charge in [0.25, 0.3) is 0 Å². The monoisotopic (exact) mass is 176 g/mol. The van der Waals surface area contributed by atoms with Gasteiger partial charge in [0.1, 0.15) is 0 Å². The molecule has 0 aromatic heterocycles. The fraction of sp³-hybridized carbons (Fsp3) is 1.00. The summed E-state index contributed by atoms with van der Waals surface area (Å²) in [6, 6.07) is 0. The summed E-state index contributed by atoms with van der Waals surface area (Å²) in [7, 11) is 1.80. The first-order valence-electron chi connectivity index (χ1n) is 4.45. The quantitative estimate of drug-likeness (QED) is 0.552. The molecule has 68 valence electrons. The first-order valence-corrected chi connectivity index (χ1v) is 5.61. The van der Waals surface area contributed by atoms with Crippen molar-refractivity contribution in [2.75, 3.05) is 18.6 Å². The summed E-state index contributed by atoms with van der Waals surface area (Å²) in [4.78, 5) is 0. The lowest BCUT2D eigenvalue weighted by molar-refractivity contribution is 0.119. The molecule has 0 aliphatic carbocycles. The van der Waals surface area contributed by atoms with Crippen LogP contribution in [0.3, 0.4) is 0 Å². The highest BCUT2D eigenvalue weighted by Crippen LogP contribution is 2.09. The van der Waals surface area contributed by atoms with Crippen LogP contribution in [0.4, 0.5) is 0 Å².